The molecule has 3 amide bonds. The van der Waals surface area contributed by atoms with Gasteiger partial charge in [0.2, 0.25) is 5.91 Å². The third-order valence-electron chi connectivity index (χ3n) is 10.1. The predicted molar refractivity (Wildman–Crippen MR) is 181 cm³/mol. The van der Waals surface area contributed by atoms with Crippen LogP contribution >= 0.6 is 0 Å². The molecule has 5 atom stereocenters. The van der Waals surface area contributed by atoms with Crippen molar-refractivity contribution in [2.24, 2.45) is 5.92 Å². The fourth-order valence-electron chi connectivity index (χ4n) is 7.85. The molecule has 0 unspecified atom stereocenters. The summed E-state index contributed by atoms with van der Waals surface area (Å²) in [6.45, 7) is 6.43. The van der Waals surface area contributed by atoms with E-state index in [1.165, 1.54) is 0 Å². The van der Waals surface area contributed by atoms with Crippen LogP contribution in [0.5, 0.6) is 5.75 Å². The van der Waals surface area contributed by atoms with E-state index in [2.05, 4.69) is 5.32 Å². The van der Waals surface area contributed by atoms with Gasteiger partial charge in [-0.25, -0.2) is 0 Å². The quantitative estimate of drug-likeness (QED) is 0.286. The molecule has 6 rings (SSSR count). The van der Waals surface area contributed by atoms with E-state index in [1.807, 2.05) is 68.5 Å². The zero-order valence-corrected chi connectivity index (χ0v) is 28.3. The van der Waals surface area contributed by atoms with E-state index in [4.69, 9.17) is 9.47 Å². The zero-order chi connectivity index (χ0) is 33.5. The van der Waals surface area contributed by atoms with Gasteiger partial charge in [0.25, 0.3) is 11.8 Å². The number of aliphatic hydroxyl groups is 1. The highest BCUT2D eigenvalue weighted by molar-refractivity contribution is 6.71. The number of nitrogens with one attached hydrogen (secondary N) is 1. The van der Waals surface area contributed by atoms with Gasteiger partial charge >= 0.3 is 0 Å². The maximum atomic E-state index is 14.6. The Bertz CT molecular complexity index is 1640. The monoisotopic (exact) mass is 657 g/mol. The number of benzene rings is 3. The minimum Gasteiger partial charge on any atom is -0.497 e. The minimum absolute atomic E-state index is 0.0450. The fraction of sp³-hybridized carbons (Fsp3) is 0.417. The first kappa shape index (κ1) is 32.9. The molecule has 3 aromatic rings. The molecule has 3 aromatic carbocycles. The van der Waals surface area contributed by atoms with E-state index in [1.54, 1.807) is 41.2 Å². The molecule has 0 aromatic heterocycles. The lowest BCUT2D eigenvalue weighted by atomic mass is 9.82. The van der Waals surface area contributed by atoms with Gasteiger partial charge in [0.15, 0.2) is 13.9 Å². The van der Waals surface area contributed by atoms with Crippen LogP contribution in [-0.4, -0.2) is 73.2 Å². The highest BCUT2D eigenvalue weighted by atomic mass is 28.4. The van der Waals surface area contributed by atoms with Gasteiger partial charge in [-0.15, -0.1) is 0 Å². The summed E-state index contributed by atoms with van der Waals surface area (Å²) in [5.74, 6) is -0.283. The molecule has 3 heterocycles. The second kappa shape index (κ2) is 12.9. The second-order valence-corrected chi connectivity index (χ2v) is 17.4. The van der Waals surface area contributed by atoms with Gasteiger partial charge in [-0.1, -0.05) is 37.3 Å². The SMILES string of the molecule is COc1ccc(C(=O)Nc2ccc(CN3C(=O)[C@]4(O[C@H](CC(=O)N5CCC[C@H]5CO)[C@@H]([Si](C)(C)O)[C@@H]4C)c4ccccc43)cc2)cc1. The van der Waals surface area contributed by atoms with Crippen LogP contribution in [0.3, 0.4) is 0 Å². The number of carbonyl (C=O) groups excluding carboxylic acids is 3. The fourth-order valence-corrected chi connectivity index (χ4v) is 10.4. The highest BCUT2D eigenvalue weighted by Crippen LogP contribution is 2.59. The Morgan fingerprint density at radius 2 is 1.77 bits per heavy atom. The summed E-state index contributed by atoms with van der Waals surface area (Å²) in [4.78, 5) is 55.9. The number of hydrogen-bond donors (Lipinski definition) is 3. The van der Waals surface area contributed by atoms with Crippen LogP contribution in [0.2, 0.25) is 18.6 Å². The Labute approximate surface area is 276 Å². The first-order valence-corrected chi connectivity index (χ1v) is 19.3. The number of methoxy groups -OCH3 is 1. The van der Waals surface area contributed by atoms with Crippen molar-refractivity contribution >= 4 is 37.4 Å². The number of fused-ring (bicyclic) bond motifs is 2. The van der Waals surface area contributed by atoms with E-state index >= 15 is 0 Å². The minimum atomic E-state index is -2.93. The molecular weight excluding hydrogens is 614 g/mol. The van der Waals surface area contributed by atoms with E-state index in [0.717, 1.165) is 29.7 Å². The molecule has 0 aliphatic carbocycles. The molecular formula is C36H43N3O7Si. The molecule has 0 radical (unpaired) electrons. The summed E-state index contributed by atoms with van der Waals surface area (Å²) in [6, 6.07) is 21.6. The Hall–Kier alpha value is -4.03. The molecule has 2 saturated heterocycles. The Balaban J connectivity index is 1.23. The Kier molecular flexibility index (Phi) is 9.01. The molecule has 1 spiro atoms. The average molecular weight is 658 g/mol. The standard InChI is InChI=1S/C36H43N3O7Si/c1-23-33(47(3,4)44)31(20-32(41)38-19-7-8-27(38)22-40)46-36(23)29-9-5-6-10-30(29)39(35(36)43)21-24-11-15-26(16-12-24)37-34(42)25-13-17-28(45-2)18-14-25/h5-6,9-18,23,27,31,33,40,44H,7-8,19-22H2,1-4H3,(H,37,42)/t23-,27-,31+,33-,36+/m0/s1. The molecule has 3 aliphatic heterocycles. The number of likely N-dealkylation sites (tertiary alicyclic amines) is 1. The van der Waals surface area contributed by atoms with Gasteiger partial charge in [0, 0.05) is 34.8 Å². The lowest BCUT2D eigenvalue weighted by Gasteiger charge is -2.32. The maximum Gasteiger partial charge on any atom is 0.264 e. The smallest absolute Gasteiger partial charge is 0.264 e. The van der Waals surface area contributed by atoms with Crippen molar-refractivity contribution in [3.05, 3.63) is 89.5 Å². The topological polar surface area (TPSA) is 129 Å². The van der Waals surface area contributed by atoms with Gasteiger partial charge < -0.3 is 34.5 Å². The number of aliphatic hydroxyl groups excluding tert-OH is 1. The van der Waals surface area contributed by atoms with E-state index in [-0.39, 0.29) is 54.8 Å². The lowest BCUT2D eigenvalue weighted by Crippen LogP contribution is -2.46. The second-order valence-electron chi connectivity index (χ2n) is 13.4. The first-order chi connectivity index (χ1) is 22.5. The van der Waals surface area contributed by atoms with Crippen LogP contribution in [0.15, 0.2) is 72.8 Å². The van der Waals surface area contributed by atoms with E-state index in [9.17, 15) is 24.3 Å². The number of nitrogens with zero attached hydrogens (tertiary/aromatic N) is 2. The summed E-state index contributed by atoms with van der Waals surface area (Å²) in [5.41, 5.74) is 1.77. The molecule has 3 N–H and O–H groups in total. The molecule has 0 bridgehead atoms. The highest BCUT2D eigenvalue weighted by Gasteiger charge is 2.66. The number of carbonyl (C=O) groups is 3. The van der Waals surface area contributed by atoms with Crippen molar-refractivity contribution in [3.63, 3.8) is 0 Å². The summed E-state index contributed by atoms with van der Waals surface area (Å²) in [7, 11) is -1.36. The molecule has 3 aliphatic rings. The number of hydrogen-bond acceptors (Lipinski definition) is 7. The van der Waals surface area contributed by atoms with Crippen molar-refractivity contribution < 1.29 is 33.8 Å². The van der Waals surface area contributed by atoms with Crippen molar-refractivity contribution in [2.75, 3.05) is 30.5 Å². The largest absolute Gasteiger partial charge is 0.497 e. The van der Waals surface area contributed by atoms with Crippen LogP contribution in [0.25, 0.3) is 0 Å². The van der Waals surface area contributed by atoms with Crippen molar-refractivity contribution in [2.45, 2.75) is 69.1 Å². The summed E-state index contributed by atoms with van der Waals surface area (Å²) < 4.78 is 12.0. The van der Waals surface area contributed by atoms with E-state index < -0.39 is 20.0 Å². The van der Waals surface area contributed by atoms with Crippen molar-refractivity contribution in [3.8, 4) is 5.75 Å². The predicted octanol–water partition coefficient (Wildman–Crippen LogP) is 4.67. The number of rotatable bonds is 9. The van der Waals surface area contributed by atoms with Crippen LogP contribution in [0, 0.1) is 5.92 Å². The van der Waals surface area contributed by atoms with Gasteiger partial charge in [-0.2, -0.15) is 0 Å². The first-order valence-electron chi connectivity index (χ1n) is 16.2. The summed E-state index contributed by atoms with van der Waals surface area (Å²) in [5, 5.41) is 12.7. The van der Waals surface area contributed by atoms with Gasteiger partial charge in [0.05, 0.1) is 44.5 Å². The molecule has 47 heavy (non-hydrogen) atoms. The average Bonchev–Trinajstić information content (AvgIpc) is 3.72. The Morgan fingerprint density at radius 3 is 2.43 bits per heavy atom. The van der Waals surface area contributed by atoms with Crippen molar-refractivity contribution in [1.29, 1.82) is 0 Å². The number of amides is 3. The number of ether oxygens (including phenoxy) is 2. The van der Waals surface area contributed by atoms with Crippen LogP contribution in [0.4, 0.5) is 11.4 Å². The Morgan fingerprint density at radius 1 is 1.06 bits per heavy atom. The van der Waals surface area contributed by atoms with Crippen LogP contribution < -0.4 is 15.0 Å². The molecule has 11 heteroatoms. The zero-order valence-electron chi connectivity index (χ0n) is 27.3. The van der Waals surface area contributed by atoms with Gasteiger partial charge in [0.1, 0.15) is 5.75 Å². The molecule has 0 saturated carbocycles. The maximum absolute atomic E-state index is 14.6. The molecule has 248 valence electrons. The van der Waals surface area contributed by atoms with Crippen LogP contribution in [-0.2, 0) is 26.5 Å². The van der Waals surface area contributed by atoms with Crippen LogP contribution in [0.1, 0.15) is 47.7 Å². The van der Waals surface area contributed by atoms with Gasteiger partial charge in [-0.05, 0) is 74.0 Å². The van der Waals surface area contributed by atoms with Gasteiger partial charge in [-0.3, -0.25) is 14.4 Å². The summed E-state index contributed by atoms with van der Waals surface area (Å²) in [6.07, 6.45) is 0.996. The third kappa shape index (κ3) is 5.97. The normalized spacial score (nSPS) is 25.4. The number of anilines is 2. The lowest BCUT2D eigenvalue weighted by molar-refractivity contribution is -0.150. The summed E-state index contributed by atoms with van der Waals surface area (Å²) >= 11 is 0. The number of para-hydroxylation sites is 1. The van der Waals surface area contributed by atoms with E-state index in [0.29, 0.717) is 23.5 Å². The third-order valence-corrected chi connectivity index (χ3v) is 12.6. The molecule has 2 fully saturated rings. The van der Waals surface area contributed by atoms with Crippen molar-refractivity contribution in [1.82, 2.24) is 4.90 Å². The molecule has 10 nitrogen and oxygen atoms in total.